The predicted octanol–water partition coefficient (Wildman–Crippen LogP) is 3.17. The fourth-order valence-corrected chi connectivity index (χ4v) is 2.05. The fraction of sp³-hybridized carbons (Fsp3) is 0.143. The van der Waals surface area contributed by atoms with Gasteiger partial charge in [0.25, 0.3) is 5.91 Å². The van der Waals surface area contributed by atoms with Gasteiger partial charge in [-0.15, -0.1) is 0 Å². The second-order valence-corrected chi connectivity index (χ2v) is 4.61. The van der Waals surface area contributed by atoms with Gasteiger partial charge in [-0.3, -0.25) is 4.79 Å². The average Bonchev–Trinajstić information content (AvgIpc) is 2.43. The summed E-state index contributed by atoms with van der Waals surface area (Å²) in [5.74, 6) is -0.234. The Morgan fingerprint density at radius 1 is 1.26 bits per heavy atom. The molecule has 1 N–H and O–H groups in total. The molecule has 5 heteroatoms. The lowest BCUT2D eigenvalue weighted by Crippen LogP contribution is -2.22. The Morgan fingerprint density at radius 2 is 2.00 bits per heavy atom. The van der Waals surface area contributed by atoms with Crippen LogP contribution in [0.2, 0.25) is 0 Å². The van der Waals surface area contributed by atoms with Gasteiger partial charge in [0.05, 0.1) is 5.69 Å². The van der Waals surface area contributed by atoms with Gasteiger partial charge < -0.3 is 10.1 Å². The molecular weight excluding hydrogens is 308 g/mol. The average molecular weight is 321 g/mol. The molecule has 1 atom stereocenters. The van der Waals surface area contributed by atoms with Crippen LogP contribution in [0.3, 0.4) is 0 Å². The third-order valence-electron chi connectivity index (χ3n) is 2.59. The topological polar surface area (TPSA) is 51.2 Å². The number of amides is 1. The first-order chi connectivity index (χ1) is 9.22. The first-order valence-corrected chi connectivity index (χ1v) is 6.51. The van der Waals surface area contributed by atoms with Crippen molar-refractivity contribution in [2.75, 3.05) is 12.4 Å². The molecule has 1 unspecified atom stereocenters. The van der Waals surface area contributed by atoms with Crippen LogP contribution in [0.4, 0.5) is 5.69 Å². The summed E-state index contributed by atoms with van der Waals surface area (Å²) in [6.07, 6.45) is 0.999. The number of benzene rings is 1. The number of carbonyl (C=O) groups is 1. The number of ether oxygens (including phenoxy) is 1. The van der Waals surface area contributed by atoms with E-state index in [1.165, 1.54) is 7.11 Å². The number of hydrogen-bond acceptors (Lipinski definition) is 3. The first kappa shape index (κ1) is 13.7. The first-order valence-electron chi connectivity index (χ1n) is 5.71. The number of nitrogens with one attached hydrogen (secondary N) is 1. The van der Waals surface area contributed by atoms with E-state index in [1.807, 2.05) is 30.3 Å². The summed E-state index contributed by atoms with van der Waals surface area (Å²) in [7, 11) is 1.51. The Balaban J connectivity index is 2.17. The number of aromatic nitrogens is 1. The highest BCUT2D eigenvalue weighted by Crippen LogP contribution is 2.22. The molecule has 98 valence electrons. The van der Waals surface area contributed by atoms with Crippen molar-refractivity contribution in [2.45, 2.75) is 6.10 Å². The highest BCUT2D eigenvalue weighted by molar-refractivity contribution is 9.10. The SMILES string of the molecule is COC(C(=O)Nc1cccnc1Br)c1ccccc1. The summed E-state index contributed by atoms with van der Waals surface area (Å²) < 4.78 is 5.85. The Hall–Kier alpha value is -1.72. The molecule has 1 heterocycles. The summed E-state index contributed by atoms with van der Waals surface area (Å²) in [6, 6.07) is 12.9. The van der Waals surface area contributed by atoms with Crippen LogP contribution in [-0.4, -0.2) is 18.0 Å². The van der Waals surface area contributed by atoms with Gasteiger partial charge in [0, 0.05) is 13.3 Å². The summed E-state index contributed by atoms with van der Waals surface area (Å²) in [5.41, 5.74) is 1.42. The second-order valence-electron chi connectivity index (χ2n) is 3.86. The standard InChI is InChI=1S/C14H13BrN2O2/c1-19-12(10-6-3-2-4-7-10)14(18)17-11-8-5-9-16-13(11)15/h2-9,12H,1H3,(H,17,18). The van der Waals surface area contributed by atoms with Gasteiger partial charge in [0.2, 0.25) is 0 Å². The molecule has 0 aliphatic carbocycles. The largest absolute Gasteiger partial charge is 0.367 e. The van der Waals surface area contributed by atoms with E-state index in [0.29, 0.717) is 10.3 Å². The second kappa shape index (κ2) is 6.45. The molecule has 0 fully saturated rings. The lowest BCUT2D eigenvalue weighted by molar-refractivity contribution is -0.126. The smallest absolute Gasteiger partial charge is 0.258 e. The Bertz CT molecular complexity index is 560. The van der Waals surface area contributed by atoms with Crippen molar-refractivity contribution in [2.24, 2.45) is 0 Å². The molecule has 0 radical (unpaired) electrons. The Labute approximate surface area is 119 Å². The number of carbonyl (C=O) groups excluding carboxylic acids is 1. The van der Waals surface area contributed by atoms with Crippen LogP contribution in [0.5, 0.6) is 0 Å². The maximum absolute atomic E-state index is 12.2. The molecule has 0 aliphatic rings. The molecule has 4 nitrogen and oxygen atoms in total. The van der Waals surface area contributed by atoms with Crippen LogP contribution in [0, 0.1) is 0 Å². The van der Waals surface area contributed by atoms with Crippen molar-refractivity contribution in [3.05, 3.63) is 58.8 Å². The van der Waals surface area contributed by atoms with Crippen molar-refractivity contribution in [1.29, 1.82) is 0 Å². The van der Waals surface area contributed by atoms with Gasteiger partial charge in [-0.25, -0.2) is 4.98 Å². The molecule has 0 bridgehead atoms. The number of hydrogen-bond donors (Lipinski definition) is 1. The number of nitrogens with zero attached hydrogens (tertiary/aromatic N) is 1. The van der Waals surface area contributed by atoms with Gasteiger partial charge in [-0.05, 0) is 33.6 Å². The quantitative estimate of drug-likeness (QED) is 0.880. The molecule has 1 amide bonds. The van der Waals surface area contributed by atoms with Crippen LogP contribution in [-0.2, 0) is 9.53 Å². The third-order valence-corrected chi connectivity index (χ3v) is 3.23. The number of rotatable bonds is 4. The zero-order valence-corrected chi connectivity index (χ0v) is 11.9. The van der Waals surface area contributed by atoms with Gasteiger partial charge >= 0.3 is 0 Å². The fourth-order valence-electron chi connectivity index (χ4n) is 1.70. The van der Waals surface area contributed by atoms with E-state index in [2.05, 4.69) is 26.2 Å². The van der Waals surface area contributed by atoms with Gasteiger partial charge in [0.15, 0.2) is 6.10 Å². The van der Waals surface area contributed by atoms with Crippen LogP contribution in [0.15, 0.2) is 53.3 Å². The van der Waals surface area contributed by atoms with E-state index in [9.17, 15) is 4.79 Å². The maximum atomic E-state index is 12.2. The van der Waals surface area contributed by atoms with Crippen molar-refractivity contribution >= 4 is 27.5 Å². The number of pyridine rings is 1. The van der Waals surface area contributed by atoms with Crippen LogP contribution in [0.25, 0.3) is 0 Å². The minimum atomic E-state index is -0.645. The Morgan fingerprint density at radius 3 is 2.63 bits per heavy atom. The molecule has 1 aromatic carbocycles. The molecule has 0 spiro atoms. The molecule has 0 saturated carbocycles. The highest BCUT2D eigenvalue weighted by Gasteiger charge is 2.20. The predicted molar refractivity (Wildman–Crippen MR) is 76.8 cm³/mol. The van der Waals surface area contributed by atoms with Crippen molar-refractivity contribution in [3.8, 4) is 0 Å². The summed E-state index contributed by atoms with van der Waals surface area (Å²) >= 11 is 3.29. The zero-order valence-electron chi connectivity index (χ0n) is 10.3. The van der Waals surface area contributed by atoms with Crippen LogP contribution >= 0.6 is 15.9 Å². The maximum Gasteiger partial charge on any atom is 0.258 e. The zero-order chi connectivity index (χ0) is 13.7. The molecule has 1 aromatic heterocycles. The van der Waals surface area contributed by atoms with Gasteiger partial charge in [-0.2, -0.15) is 0 Å². The number of methoxy groups -OCH3 is 1. The molecule has 0 aliphatic heterocycles. The molecule has 2 rings (SSSR count). The van der Waals surface area contributed by atoms with E-state index in [4.69, 9.17) is 4.74 Å². The lowest BCUT2D eigenvalue weighted by Gasteiger charge is -2.15. The highest BCUT2D eigenvalue weighted by atomic mass is 79.9. The van der Waals surface area contributed by atoms with Crippen molar-refractivity contribution in [3.63, 3.8) is 0 Å². The minimum Gasteiger partial charge on any atom is -0.367 e. The molecule has 0 saturated heterocycles. The van der Waals surface area contributed by atoms with Crippen molar-refractivity contribution in [1.82, 2.24) is 4.98 Å². The Kier molecular flexibility index (Phi) is 4.65. The summed E-state index contributed by atoms with van der Waals surface area (Å²) in [4.78, 5) is 16.3. The van der Waals surface area contributed by atoms with Crippen LogP contribution < -0.4 is 5.32 Å². The van der Waals surface area contributed by atoms with Crippen molar-refractivity contribution < 1.29 is 9.53 Å². The van der Waals surface area contributed by atoms with E-state index in [-0.39, 0.29) is 5.91 Å². The van der Waals surface area contributed by atoms with E-state index >= 15 is 0 Å². The van der Waals surface area contributed by atoms with E-state index in [0.717, 1.165) is 5.56 Å². The molecule has 2 aromatic rings. The van der Waals surface area contributed by atoms with Crippen LogP contribution in [0.1, 0.15) is 11.7 Å². The number of anilines is 1. The molecular formula is C14H13BrN2O2. The molecule has 19 heavy (non-hydrogen) atoms. The third kappa shape index (κ3) is 3.39. The lowest BCUT2D eigenvalue weighted by atomic mass is 10.1. The van der Waals surface area contributed by atoms with E-state index < -0.39 is 6.10 Å². The van der Waals surface area contributed by atoms with Gasteiger partial charge in [-0.1, -0.05) is 30.3 Å². The number of halogens is 1. The summed E-state index contributed by atoms with van der Waals surface area (Å²) in [6.45, 7) is 0. The van der Waals surface area contributed by atoms with E-state index in [1.54, 1.807) is 18.3 Å². The minimum absolute atomic E-state index is 0.234. The monoisotopic (exact) mass is 320 g/mol. The normalized spacial score (nSPS) is 11.9. The summed E-state index contributed by atoms with van der Waals surface area (Å²) in [5, 5.41) is 2.79. The van der Waals surface area contributed by atoms with Gasteiger partial charge in [0.1, 0.15) is 4.60 Å².